The lowest BCUT2D eigenvalue weighted by Gasteiger charge is -2.26. The Kier molecular flexibility index (Phi) is 7.40. The van der Waals surface area contributed by atoms with Crippen molar-refractivity contribution in [3.05, 3.63) is 29.8 Å². The molecule has 1 aliphatic heterocycles. The normalized spacial score (nSPS) is 18.0. The fraction of sp³-hybridized carbons (Fsp3) is 0.444. The van der Waals surface area contributed by atoms with E-state index in [1.165, 1.54) is 23.1 Å². The molecule has 29 heavy (non-hydrogen) atoms. The van der Waals surface area contributed by atoms with Crippen LogP contribution in [0.15, 0.2) is 29.2 Å². The molecule has 1 amide bonds. The average molecular weight is 443 g/mol. The summed E-state index contributed by atoms with van der Waals surface area (Å²) in [5.74, 6) is 0.680. The minimum atomic E-state index is -3.88. The highest BCUT2D eigenvalue weighted by atomic mass is 32.2. The molecule has 0 radical (unpaired) electrons. The van der Waals surface area contributed by atoms with Gasteiger partial charge in [-0.15, -0.1) is 6.42 Å². The number of rotatable bonds is 8. The van der Waals surface area contributed by atoms with Gasteiger partial charge < -0.3 is 9.64 Å². The van der Waals surface area contributed by atoms with Crippen molar-refractivity contribution in [3.63, 3.8) is 0 Å². The molecule has 1 aliphatic rings. The zero-order chi connectivity index (χ0) is 21.7. The van der Waals surface area contributed by atoms with E-state index >= 15 is 0 Å². The zero-order valence-corrected chi connectivity index (χ0v) is 17.5. The van der Waals surface area contributed by atoms with Gasteiger partial charge in [-0.1, -0.05) is 12.0 Å². The van der Waals surface area contributed by atoms with Crippen LogP contribution in [0.5, 0.6) is 0 Å². The molecule has 1 N–H and O–H groups in total. The monoisotopic (exact) mass is 442 g/mol. The average Bonchev–Trinajstić information content (AvgIpc) is 3.04. The Morgan fingerprint density at radius 3 is 2.69 bits per heavy atom. The third-order valence-corrected chi connectivity index (χ3v) is 7.53. The molecule has 1 aromatic carbocycles. The molecule has 1 atom stereocenters. The van der Waals surface area contributed by atoms with Gasteiger partial charge in [0.15, 0.2) is 16.4 Å². The summed E-state index contributed by atoms with van der Waals surface area (Å²) in [5.41, 5.74) is -0.0483. The third-order valence-electron chi connectivity index (χ3n) is 4.38. The van der Waals surface area contributed by atoms with Crippen molar-refractivity contribution < 1.29 is 31.2 Å². The van der Waals surface area contributed by atoms with E-state index in [2.05, 4.69) is 10.6 Å². The van der Waals surface area contributed by atoms with E-state index in [4.69, 9.17) is 11.2 Å². The van der Waals surface area contributed by atoms with Crippen LogP contribution < -0.4 is 4.72 Å². The highest BCUT2D eigenvalue weighted by molar-refractivity contribution is 7.91. The zero-order valence-electron chi connectivity index (χ0n) is 15.8. The highest BCUT2D eigenvalue weighted by Crippen LogP contribution is 2.18. The minimum Gasteiger partial charge on any atom is -0.452 e. The SMILES string of the molecule is C#CCNS(=O)(=O)c1cccc(C(=O)OCC(=O)N(CC)C2CCS(=O)(=O)C2)c1. The van der Waals surface area contributed by atoms with Gasteiger partial charge in [0, 0.05) is 12.6 Å². The van der Waals surface area contributed by atoms with Gasteiger partial charge in [0.2, 0.25) is 10.0 Å². The summed E-state index contributed by atoms with van der Waals surface area (Å²) in [6.45, 7) is 1.22. The third kappa shape index (κ3) is 6.03. The Balaban J connectivity index is 2.02. The van der Waals surface area contributed by atoms with Crippen molar-refractivity contribution >= 4 is 31.7 Å². The number of amides is 1. The number of sulfone groups is 1. The molecule has 11 heteroatoms. The molecule has 158 valence electrons. The molecule has 1 aromatic rings. The summed E-state index contributed by atoms with van der Waals surface area (Å²) in [6.07, 6.45) is 5.38. The van der Waals surface area contributed by atoms with Crippen molar-refractivity contribution in [2.45, 2.75) is 24.3 Å². The smallest absolute Gasteiger partial charge is 0.338 e. The predicted molar refractivity (Wildman–Crippen MR) is 105 cm³/mol. The lowest BCUT2D eigenvalue weighted by atomic mass is 10.2. The molecular weight excluding hydrogens is 420 g/mol. The van der Waals surface area contributed by atoms with Gasteiger partial charge in [-0.05, 0) is 31.5 Å². The summed E-state index contributed by atoms with van der Waals surface area (Å²) in [7, 11) is -7.04. The van der Waals surface area contributed by atoms with E-state index in [0.29, 0.717) is 6.42 Å². The number of hydrogen-bond acceptors (Lipinski definition) is 7. The van der Waals surface area contributed by atoms with Crippen LogP contribution in [-0.2, 0) is 29.4 Å². The maximum absolute atomic E-state index is 12.4. The number of benzene rings is 1. The first kappa shape index (κ1) is 22.9. The van der Waals surface area contributed by atoms with E-state index in [1.807, 2.05) is 0 Å². The standard InChI is InChI=1S/C18H22N2O7S2/c1-3-9-19-29(25,26)16-7-5-6-14(11-16)18(22)27-12-17(21)20(4-2)15-8-10-28(23,24)13-15/h1,5-7,11,15,19H,4,8-10,12-13H2,2H3. The Hall–Kier alpha value is -2.42. The lowest BCUT2D eigenvalue weighted by Crippen LogP contribution is -2.43. The number of carbonyl (C=O) groups is 2. The van der Waals surface area contributed by atoms with Crippen molar-refractivity contribution in [1.29, 1.82) is 0 Å². The number of hydrogen-bond donors (Lipinski definition) is 1. The van der Waals surface area contributed by atoms with Crippen molar-refractivity contribution in [2.75, 3.05) is 31.2 Å². The van der Waals surface area contributed by atoms with Crippen LogP contribution in [0.4, 0.5) is 0 Å². The van der Waals surface area contributed by atoms with E-state index in [0.717, 1.165) is 6.07 Å². The molecule has 0 bridgehead atoms. The molecule has 2 rings (SSSR count). The Morgan fingerprint density at radius 1 is 1.38 bits per heavy atom. The molecule has 0 saturated carbocycles. The predicted octanol–water partition coefficient (Wildman–Crippen LogP) is -0.209. The molecule has 1 saturated heterocycles. The summed E-state index contributed by atoms with van der Waals surface area (Å²) >= 11 is 0. The van der Waals surface area contributed by atoms with Crippen molar-refractivity contribution in [2.24, 2.45) is 0 Å². The van der Waals surface area contributed by atoms with Crippen LogP contribution in [0.3, 0.4) is 0 Å². The largest absolute Gasteiger partial charge is 0.452 e. The van der Waals surface area contributed by atoms with Crippen LogP contribution in [0, 0.1) is 12.3 Å². The number of esters is 1. The molecule has 0 aromatic heterocycles. The second kappa shape index (κ2) is 9.39. The fourth-order valence-corrected chi connectivity index (χ4v) is 5.67. The summed E-state index contributed by atoms with van der Waals surface area (Å²) < 4.78 is 54.6. The first-order chi connectivity index (χ1) is 13.6. The quantitative estimate of drug-likeness (QED) is 0.436. The van der Waals surface area contributed by atoms with Gasteiger partial charge in [0.1, 0.15) is 0 Å². The fourth-order valence-electron chi connectivity index (χ4n) is 2.96. The summed E-state index contributed by atoms with van der Waals surface area (Å²) in [6, 6.07) is 4.69. The first-order valence-electron chi connectivity index (χ1n) is 8.80. The van der Waals surface area contributed by atoms with Crippen LogP contribution in [0.25, 0.3) is 0 Å². The maximum Gasteiger partial charge on any atom is 0.338 e. The molecular formula is C18H22N2O7S2. The van der Waals surface area contributed by atoms with Gasteiger partial charge in [0.25, 0.3) is 5.91 Å². The highest BCUT2D eigenvalue weighted by Gasteiger charge is 2.34. The van der Waals surface area contributed by atoms with Gasteiger partial charge in [-0.2, -0.15) is 4.72 Å². The number of nitrogens with zero attached hydrogens (tertiary/aromatic N) is 1. The van der Waals surface area contributed by atoms with E-state index in [-0.39, 0.29) is 35.1 Å². The summed E-state index contributed by atoms with van der Waals surface area (Å²) in [5, 5.41) is 0. The van der Waals surface area contributed by atoms with Gasteiger partial charge in [-0.25, -0.2) is 21.6 Å². The maximum atomic E-state index is 12.4. The van der Waals surface area contributed by atoms with Gasteiger partial charge in [-0.3, -0.25) is 4.79 Å². The number of sulfonamides is 1. The van der Waals surface area contributed by atoms with Crippen LogP contribution in [-0.4, -0.2) is 70.9 Å². The topological polar surface area (TPSA) is 127 Å². The van der Waals surface area contributed by atoms with E-state index in [9.17, 15) is 26.4 Å². The number of ether oxygens (including phenoxy) is 1. The lowest BCUT2D eigenvalue weighted by molar-refractivity contribution is -0.136. The molecule has 0 spiro atoms. The number of likely N-dealkylation sites (N-methyl/N-ethyl adjacent to an activating group) is 1. The van der Waals surface area contributed by atoms with Gasteiger partial charge in [0.05, 0.1) is 28.5 Å². The molecule has 1 fully saturated rings. The van der Waals surface area contributed by atoms with E-state index in [1.54, 1.807) is 6.92 Å². The second-order valence-corrected chi connectivity index (χ2v) is 10.4. The second-order valence-electron chi connectivity index (χ2n) is 6.37. The van der Waals surface area contributed by atoms with Crippen LogP contribution in [0.2, 0.25) is 0 Å². The molecule has 1 heterocycles. The molecule has 1 unspecified atom stereocenters. The Bertz CT molecular complexity index is 1030. The van der Waals surface area contributed by atoms with Gasteiger partial charge >= 0.3 is 5.97 Å². The molecule has 0 aliphatic carbocycles. The minimum absolute atomic E-state index is 0.0240. The number of terminal acetylenes is 1. The first-order valence-corrected chi connectivity index (χ1v) is 12.1. The van der Waals surface area contributed by atoms with E-state index < -0.39 is 44.4 Å². The summed E-state index contributed by atoms with van der Waals surface area (Å²) in [4.78, 5) is 25.8. The van der Waals surface area contributed by atoms with Crippen molar-refractivity contribution in [3.8, 4) is 12.3 Å². The van der Waals surface area contributed by atoms with Crippen LogP contribution in [0.1, 0.15) is 23.7 Å². The Labute approximate surface area is 170 Å². The van der Waals surface area contributed by atoms with Crippen molar-refractivity contribution in [1.82, 2.24) is 9.62 Å². The number of nitrogens with one attached hydrogen (secondary N) is 1. The van der Waals surface area contributed by atoms with Crippen LogP contribution >= 0.6 is 0 Å². The Morgan fingerprint density at radius 2 is 2.10 bits per heavy atom. The molecule has 9 nitrogen and oxygen atoms in total. The number of carbonyl (C=O) groups excluding carboxylic acids is 2.